The van der Waals surface area contributed by atoms with Gasteiger partial charge in [0, 0.05) is 12.2 Å². The second-order valence-electron chi connectivity index (χ2n) is 5.25. The lowest BCUT2D eigenvalue weighted by Gasteiger charge is -2.17. The smallest absolute Gasteiger partial charge is 0.236 e. The highest BCUT2D eigenvalue weighted by atomic mass is 35.5. The maximum Gasteiger partial charge on any atom is 0.236 e. The molecule has 0 radical (unpaired) electrons. The van der Waals surface area contributed by atoms with Gasteiger partial charge in [-0.2, -0.15) is 0 Å². The number of para-hydroxylation sites is 1. The van der Waals surface area contributed by atoms with Crippen molar-refractivity contribution in [1.29, 1.82) is 0 Å². The van der Waals surface area contributed by atoms with E-state index in [1.807, 2.05) is 24.3 Å². The monoisotopic (exact) mass is 348 g/mol. The average Bonchev–Trinajstić information content (AvgIpc) is 2.96. The highest BCUT2D eigenvalue weighted by molar-refractivity contribution is 6.44. The molecule has 2 aromatic carbocycles. The number of rotatable bonds is 3. The van der Waals surface area contributed by atoms with Gasteiger partial charge in [0.25, 0.3) is 0 Å². The zero-order valence-electron chi connectivity index (χ0n) is 12.2. The normalized spacial score (nSPS) is 12.9. The van der Waals surface area contributed by atoms with Crippen LogP contribution in [0, 0.1) is 0 Å². The van der Waals surface area contributed by atoms with Crippen LogP contribution in [-0.2, 0) is 16.0 Å². The molecule has 1 aliphatic heterocycles. The number of hydrogen-bond donors (Lipinski definition) is 1. The third kappa shape index (κ3) is 3.33. The summed E-state index contributed by atoms with van der Waals surface area (Å²) in [6.07, 6.45) is 0.570. The number of hydrogen-bond acceptors (Lipinski definition) is 2. The third-order valence-corrected chi connectivity index (χ3v) is 4.54. The van der Waals surface area contributed by atoms with Crippen molar-refractivity contribution in [2.75, 3.05) is 16.8 Å². The summed E-state index contributed by atoms with van der Waals surface area (Å²) >= 11 is 11.9. The first-order valence-electron chi connectivity index (χ1n) is 7.18. The van der Waals surface area contributed by atoms with Gasteiger partial charge in [0.05, 0.1) is 15.7 Å². The number of carbonyl (C=O) groups excluding carboxylic acids is 2. The van der Waals surface area contributed by atoms with Gasteiger partial charge in [-0.3, -0.25) is 9.59 Å². The third-order valence-electron chi connectivity index (χ3n) is 3.73. The fourth-order valence-corrected chi connectivity index (χ4v) is 2.97. The summed E-state index contributed by atoms with van der Waals surface area (Å²) in [5.74, 6) is -0.644. The molecule has 0 atom stereocenters. The predicted octanol–water partition coefficient (Wildman–Crippen LogP) is 3.91. The molecule has 6 heteroatoms. The van der Waals surface area contributed by atoms with Crippen molar-refractivity contribution in [1.82, 2.24) is 0 Å². The average molecular weight is 349 g/mol. The van der Waals surface area contributed by atoms with E-state index in [0.717, 1.165) is 17.7 Å². The molecule has 118 valence electrons. The quantitative estimate of drug-likeness (QED) is 0.854. The van der Waals surface area contributed by atoms with Gasteiger partial charge in [-0.25, -0.2) is 0 Å². The highest BCUT2D eigenvalue weighted by Crippen LogP contribution is 2.30. The van der Waals surface area contributed by atoms with E-state index in [1.54, 1.807) is 23.1 Å². The van der Waals surface area contributed by atoms with Crippen LogP contribution in [0.2, 0.25) is 10.0 Å². The van der Waals surface area contributed by atoms with Crippen LogP contribution in [0.15, 0.2) is 42.5 Å². The summed E-state index contributed by atoms with van der Waals surface area (Å²) in [7, 11) is 0. The first-order chi connectivity index (χ1) is 11.1. The highest BCUT2D eigenvalue weighted by Gasteiger charge is 2.25. The summed E-state index contributed by atoms with van der Waals surface area (Å²) in [6, 6.07) is 12.7. The SMILES string of the molecule is O=C(CC(=O)N1CCc2ccccc21)Nc1cccc(Cl)c1Cl. The Morgan fingerprint density at radius 2 is 1.87 bits per heavy atom. The fraction of sp³-hybridized carbons (Fsp3) is 0.176. The van der Waals surface area contributed by atoms with E-state index in [1.165, 1.54) is 0 Å². The molecule has 0 fully saturated rings. The van der Waals surface area contributed by atoms with Gasteiger partial charge in [0.1, 0.15) is 6.42 Å². The number of nitrogens with one attached hydrogen (secondary N) is 1. The Balaban J connectivity index is 1.67. The van der Waals surface area contributed by atoms with E-state index >= 15 is 0 Å². The number of nitrogens with zero attached hydrogens (tertiary/aromatic N) is 1. The van der Waals surface area contributed by atoms with E-state index in [2.05, 4.69) is 5.32 Å². The van der Waals surface area contributed by atoms with Crippen molar-refractivity contribution in [2.24, 2.45) is 0 Å². The molecule has 1 heterocycles. The molecular weight excluding hydrogens is 335 g/mol. The minimum Gasteiger partial charge on any atom is -0.324 e. The van der Waals surface area contributed by atoms with E-state index in [-0.39, 0.29) is 17.4 Å². The van der Waals surface area contributed by atoms with Gasteiger partial charge >= 0.3 is 0 Å². The number of amides is 2. The van der Waals surface area contributed by atoms with Crippen molar-refractivity contribution in [3.63, 3.8) is 0 Å². The number of fused-ring (bicyclic) bond motifs is 1. The summed E-state index contributed by atoms with van der Waals surface area (Å²) < 4.78 is 0. The molecule has 1 aliphatic rings. The van der Waals surface area contributed by atoms with Gasteiger partial charge in [-0.15, -0.1) is 0 Å². The van der Waals surface area contributed by atoms with Crippen molar-refractivity contribution >= 4 is 46.4 Å². The second-order valence-corrected chi connectivity index (χ2v) is 6.04. The Labute approximate surface area is 144 Å². The second kappa shape index (κ2) is 6.60. The molecule has 4 nitrogen and oxygen atoms in total. The van der Waals surface area contributed by atoms with E-state index in [4.69, 9.17) is 23.2 Å². The summed E-state index contributed by atoms with van der Waals surface area (Å²) in [4.78, 5) is 26.1. The Kier molecular flexibility index (Phi) is 4.55. The number of halogens is 2. The van der Waals surface area contributed by atoms with Gasteiger partial charge in [-0.1, -0.05) is 47.5 Å². The lowest BCUT2D eigenvalue weighted by molar-refractivity contribution is -0.125. The molecule has 3 rings (SSSR count). The molecule has 23 heavy (non-hydrogen) atoms. The largest absolute Gasteiger partial charge is 0.324 e. The zero-order valence-corrected chi connectivity index (χ0v) is 13.7. The Morgan fingerprint density at radius 1 is 1.09 bits per heavy atom. The maximum absolute atomic E-state index is 12.4. The topological polar surface area (TPSA) is 49.4 Å². The summed E-state index contributed by atoms with van der Waals surface area (Å²) in [5, 5.41) is 3.24. The molecule has 0 aliphatic carbocycles. The molecule has 0 bridgehead atoms. The molecule has 2 aromatic rings. The molecule has 0 unspecified atom stereocenters. The van der Waals surface area contributed by atoms with Crippen molar-refractivity contribution in [3.8, 4) is 0 Å². The molecular formula is C17H14Cl2N2O2. The Hall–Kier alpha value is -2.04. The molecule has 2 amide bonds. The molecule has 1 N–H and O–H groups in total. The van der Waals surface area contributed by atoms with Gasteiger partial charge < -0.3 is 10.2 Å². The van der Waals surface area contributed by atoms with Crippen LogP contribution in [0.4, 0.5) is 11.4 Å². The van der Waals surface area contributed by atoms with Crippen LogP contribution in [0.1, 0.15) is 12.0 Å². The van der Waals surface area contributed by atoms with E-state index in [9.17, 15) is 9.59 Å². The number of benzene rings is 2. The van der Waals surface area contributed by atoms with Crippen LogP contribution in [0.5, 0.6) is 0 Å². The maximum atomic E-state index is 12.4. The fourth-order valence-electron chi connectivity index (χ4n) is 2.62. The summed E-state index contributed by atoms with van der Waals surface area (Å²) in [5.41, 5.74) is 2.41. The van der Waals surface area contributed by atoms with Crippen LogP contribution in [0.25, 0.3) is 0 Å². The standard InChI is InChI=1S/C17H14Cl2N2O2/c18-12-5-3-6-13(17(12)19)20-15(22)10-16(23)21-9-8-11-4-1-2-7-14(11)21/h1-7H,8-10H2,(H,20,22). The Bertz CT molecular complexity index is 777. The minimum atomic E-state index is -0.413. The predicted molar refractivity (Wildman–Crippen MR) is 92.2 cm³/mol. The van der Waals surface area contributed by atoms with Crippen LogP contribution >= 0.6 is 23.2 Å². The number of carbonyl (C=O) groups is 2. The van der Waals surface area contributed by atoms with Crippen LogP contribution in [-0.4, -0.2) is 18.4 Å². The van der Waals surface area contributed by atoms with Crippen LogP contribution < -0.4 is 10.2 Å². The number of anilines is 2. The molecule has 0 spiro atoms. The molecule has 0 saturated heterocycles. The van der Waals surface area contributed by atoms with Crippen molar-refractivity contribution in [2.45, 2.75) is 12.8 Å². The molecule has 0 aromatic heterocycles. The first-order valence-corrected chi connectivity index (χ1v) is 7.94. The van der Waals surface area contributed by atoms with Crippen molar-refractivity contribution < 1.29 is 9.59 Å². The summed E-state index contributed by atoms with van der Waals surface area (Å²) in [6.45, 7) is 0.601. The Morgan fingerprint density at radius 3 is 2.70 bits per heavy atom. The molecule has 0 saturated carbocycles. The van der Waals surface area contributed by atoms with E-state index in [0.29, 0.717) is 17.3 Å². The van der Waals surface area contributed by atoms with E-state index < -0.39 is 5.91 Å². The van der Waals surface area contributed by atoms with Crippen molar-refractivity contribution in [3.05, 3.63) is 58.1 Å². The minimum absolute atomic E-state index is 0.231. The zero-order chi connectivity index (χ0) is 16.4. The van der Waals surface area contributed by atoms with Crippen LogP contribution in [0.3, 0.4) is 0 Å². The first kappa shape index (κ1) is 15.8. The van der Waals surface area contributed by atoms with Gasteiger partial charge in [0.2, 0.25) is 11.8 Å². The van der Waals surface area contributed by atoms with Gasteiger partial charge in [-0.05, 0) is 30.2 Å². The lowest BCUT2D eigenvalue weighted by Crippen LogP contribution is -2.32. The lowest BCUT2D eigenvalue weighted by atomic mass is 10.2. The van der Waals surface area contributed by atoms with Gasteiger partial charge in [0.15, 0.2) is 0 Å².